The lowest BCUT2D eigenvalue weighted by atomic mass is 9.77. The van der Waals surface area contributed by atoms with Gasteiger partial charge in [-0.25, -0.2) is 4.39 Å². The summed E-state index contributed by atoms with van der Waals surface area (Å²) in [7, 11) is 0. The van der Waals surface area contributed by atoms with E-state index in [-0.39, 0.29) is 38.7 Å². The predicted molar refractivity (Wildman–Crippen MR) is 140 cm³/mol. The van der Waals surface area contributed by atoms with E-state index in [2.05, 4.69) is 39.2 Å². The summed E-state index contributed by atoms with van der Waals surface area (Å²) >= 11 is 5.89. The Morgan fingerprint density at radius 1 is 1.23 bits per heavy atom. The van der Waals surface area contributed by atoms with Gasteiger partial charge in [-0.2, -0.15) is 13.2 Å². The molecule has 0 aliphatic heterocycles. The quantitative estimate of drug-likeness (QED) is 0.149. The van der Waals surface area contributed by atoms with Crippen LogP contribution in [0, 0.1) is 11.3 Å². The average molecular weight is 530 g/mol. The van der Waals surface area contributed by atoms with Crippen LogP contribution in [0.3, 0.4) is 0 Å². The van der Waals surface area contributed by atoms with E-state index in [1.165, 1.54) is 31.2 Å². The molecule has 0 radical (unpaired) electrons. The first kappa shape index (κ1) is 30.8. The van der Waals surface area contributed by atoms with E-state index in [9.17, 15) is 22.4 Å². The molecule has 1 rings (SSSR count). The highest BCUT2D eigenvalue weighted by Crippen LogP contribution is 2.39. The number of alkyl halides is 3. The molecule has 1 amide bonds. The van der Waals surface area contributed by atoms with Gasteiger partial charge in [0.1, 0.15) is 0 Å². The number of allylic oxidation sites excluding steroid dienone is 7. The van der Waals surface area contributed by atoms with Gasteiger partial charge in [0.2, 0.25) is 0 Å². The monoisotopic (exact) mass is 529 g/mol. The van der Waals surface area contributed by atoms with Crippen LogP contribution < -0.4 is 5.32 Å². The fraction of sp³-hybridized carbons (Fsp3) is 0.370. The lowest BCUT2D eigenvalue weighted by Gasteiger charge is -2.29. The molecule has 0 saturated carbocycles. The number of rotatable bonds is 9. The van der Waals surface area contributed by atoms with Gasteiger partial charge < -0.3 is 5.32 Å². The third-order valence-electron chi connectivity index (χ3n) is 5.59. The van der Waals surface area contributed by atoms with Gasteiger partial charge >= 0.3 is 5.51 Å². The van der Waals surface area contributed by atoms with Gasteiger partial charge in [0, 0.05) is 10.5 Å². The Morgan fingerprint density at radius 2 is 1.83 bits per heavy atom. The largest absolute Gasteiger partial charge is 0.446 e. The Labute approximate surface area is 214 Å². The maximum atomic E-state index is 13.7. The highest BCUT2D eigenvalue weighted by Gasteiger charge is 2.30. The van der Waals surface area contributed by atoms with Crippen molar-refractivity contribution in [2.24, 2.45) is 11.3 Å². The minimum atomic E-state index is -4.45. The van der Waals surface area contributed by atoms with Crippen LogP contribution in [0.15, 0.2) is 82.6 Å². The Morgan fingerprint density at radius 3 is 2.29 bits per heavy atom. The number of hydrogen-bond donors (Lipinski definition) is 1. The summed E-state index contributed by atoms with van der Waals surface area (Å²) in [4.78, 5) is 13.3. The number of nitrogens with one attached hydrogen (secondary N) is 1. The minimum absolute atomic E-state index is 0.0180. The SMILES string of the molecule is C=C/C=C(\C=C(/C)F)C(=C)/C(C)=C(\CC(C)C(C)(C)C)C(=O)Nc1ccc(SC(F)(F)F)cc1Cl. The van der Waals surface area contributed by atoms with Gasteiger partial charge in [-0.05, 0) is 84.4 Å². The molecule has 0 saturated heterocycles. The summed E-state index contributed by atoms with van der Waals surface area (Å²) < 4.78 is 51.7. The summed E-state index contributed by atoms with van der Waals surface area (Å²) in [6.45, 7) is 19.0. The topological polar surface area (TPSA) is 29.1 Å². The van der Waals surface area contributed by atoms with E-state index in [4.69, 9.17) is 11.6 Å². The smallest absolute Gasteiger partial charge is 0.321 e. The summed E-state index contributed by atoms with van der Waals surface area (Å²) in [5.41, 5.74) is -2.48. The van der Waals surface area contributed by atoms with Crippen molar-refractivity contribution in [2.45, 2.75) is 58.4 Å². The van der Waals surface area contributed by atoms with E-state index in [1.54, 1.807) is 13.0 Å². The second kappa shape index (κ2) is 12.6. The van der Waals surface area contributed by atoms with Crippen LogP contribution in [0.25, 0.3) is 0 Å². The summed E-state index contributed by atoms with van der Waals surface area (Å²) in [5, 5.41) is 2.70. The number of thioether (sulfide) groups is 1. The fourth-order valence-electron chi connectivity index (χ4n) is 3.00. The molecular weight excluding hydrogens is 498 g/mol. The van der Waals surface area contributed by atoms with Gasteiger partial charge in [-0.1, -0.05) is 64.6 Å². The molecule has 2 nitrogen and oxygen atoms in total. The first-order chi connectivity index (χ1) is 16.0. The Bertz CT molecular complexity index is 1060. The molecule has 0 heterocycles. The summed E-state index contributed by atoms with van der Waals surface area (Å²) in [6, 6.07) is 3.73. The zero-order valence-corrected chi connectivity index (χ0v) is 22.4. The summed E-state index contributed by atoms with van der Waals surface area (Å²) in [6.07, 6.45) is 4.81. The van der Waals surface area contributed by atoms with Crippen molar-refractivity contribution < 1.29 is 22.4 Å². The number of anilines is 1. The predicted octanol–water partition coefficient (Wildman–Crippen LogP) is 9.82. The van der Waals surface area contributed by atoms with Crippen molar-refractivity contribution in [3.05, 3.63) is 82.7 Å². The van der Waals surface area contributed by atoms with E-state index in [1.807, 2.05) is 6.92 Å². The van der Waals surface area contributed by atoms with E-state index in [0.717, 1.165) is 6.07 Å². The lowest BCUT2D eigenvalue weighted by Crippen LogP contribution is -2.23. The molecule has 0 aliphatic carbocycles. The summed E-state index contributed by atoms with van der Waals surface area (Å²) in [5.74, 6) is -0.807. The molecule has 35 heavy (non-hydrogen) atoms. The van der Waals surface area contributed by atoms with E-state index in [0.29, 0.717) is 28.7 Å². The maximum Gasteiger partial charge on any atom is 0.446 e. The van der Waals surface area contributed by atoms with Crippen LogP contribution in [-0.2, 0) is 4.79 Å². The molecule has 1 atom stereocenters. The van der Waals surface area contributed by atoms with Crippen molar-refractivity contribution in [1.29, 1.82) is 0 Å². The fourth-order valence-corrected chi connectivity index (χ4v) is 3.87. The highest BCUT2D eigenvalue weighted by molar-refractivity contribution is 8.00. The molecule has 0 aliphatic rings. The number of hydrogen-bond acceptors (Lipinski definition) is 2. The zero-order valence-electron chi connectivity index (χ0n) is 20.9. The Balaban J connectivity index is 3.45. The van der Waals surface area contributed by atoms with Crippen LogP contribution >= 0.6 is 23.4 Å². The Kier molecular flexibility index (Phi) is 11.1. The first-order valence-corrected chi connectivity index (χ1v) is 12.1. The number of carbonyl (C=O) groups excluding carboxylic acids is 1. The number of halogens is 5. The van der Waals surface area contributed by atoms with Crippen molar-refractivity contribution in [2.75, 3.05) is 5.32 Å². The van der Waals surface area contributed by atoms with Crippen LogP contribution in [0.1, 0.15) is 48.0 Å². The standard InChI is InChI=1S/C27H32ClF4NOS/c1-9-10-20(14-17(3)29)18(4)19(5)22(13-16(2)26(6,7)8)25(34)33-24-12-11-21(15-23(24)28)35-27(30,31)32/h9-12,14-16H,1,4,13H2,2-3,5-8H3,(H,33,34)/b17-14+,20-10+,22-19+. The van der Waals surface area contributed by atoms with E-state index >= 15 is 0 Å². The highest BCUT2D eigenvalue weighted by atomic mass is 35.5. The minimum Gasteiger partial charge on any atom is -0.321 e. The van der Waals surface area contributed by atoms with Crippen molar-refractivity contribution >= 4 is 35.0 Å². The third kappa shape index (κ3) is 10.1. The zero-order chi connectivity index (χ0) is 27.1. The second-order valence-corrected chi connectivity index (χ2v) is 10.8. The number of amides is 1. The molecule has 192 valence electrons. The van der Waals surface area contributed by atoms with Gasteiger partial charge in [-0.15, -0.1) is 0 Å². The molecule has 1 aromatic rings. The van der Waals surface area contributed by atoms with Gasteiger partial charge in [0.25, 0.3) is 5.91 Å². The van der Waals surface area contributed by atoms with Crippen LogP contribution in [0.5, 0.6) is 0 Å². The van der Waals surface area contributed by atoms with Gasteiger partial charge in [-0.3, -0.25) is 4.79 Å². The average Bonchev–Trinajstić information content (AvgIpc) is 2.70. The second-order valence-electron chi connectivity index (χ2n) is 9.29. The molecule has 0 fully saturated rings. The maximum absolute atomic E-state index is 13.7. The van der Waals surface area contributed by atoms with Gasteiger partial charge in [0.05, 0.1) is 16.5 Å². The Hall–Kier alpha value is -2.25. The molecule has 0 spiro atoms. The lowest BCUT2D eigenvalue weighted by molar-refractivity contribution is -0.113. The number of benzene rings is 1. The van der Waals surface area contributed by atoms with Gasteiger partial charge in [0.15, 0.2) is 0 Å². The molecule has 1 unspecified atom stereocenters. The molecule has 0 aromatic heterocycles. The van der Waals surface area contributed by atoms with Crippen molar-refractivity contribution in [1.82, 2.24) is 0 Å². The molecule has 1 aromatic carbocycles. The van der Waals surface area contributed by atoms with Crippen LogP contribution in [0.4, 0.5) is 23.2 Å². The van der Waals surface area contributed by atoms with Crippen molar-refractivity contribution in [3.8, 4) is 0 Å². The molecule has 0 bridgehead atoms. The molecule has 1 N–H and O–H groups in total. The van der Waals surface area contributed by atoms with Crippen molar-refractivity contribution in [3.63, 3.8) is 0 Å². The van der Waals surface area contributed by atoms with E-state index < -0.39 is 17.2 Å². The number of carbonyl (C=O) groups is 1. The molecular formula is C27H32ClF4NOS. The normalized spacial score (nSPS) is 14.8. The van der Waals surface area contributed by atoms with Crippen LogP contribution in [0.2, 0.25) is 5.02 Å². The molecule has 8 heteroatoms. The third-order valence-corrected chi connectivity index (χ3v) is 6.62. The van der Waals surface area contributed by atoms with Crippen LogP contribution in [-0.4, -0.2) is 11.4 Å². The first-order valence-electron chi connectivity index (χ1n) is 10.9.